The van der Waals surface area contributed by atoms with Gasteiger partial charge in [0.15, 0.2) is 0 Å². The summed E-state index contributed by atoms with van der Waals surface area (Å²) in [4.78, 5) is 25.9. The fourth-order valence-corrected chi connectivity index (χ4v) is 5.98. The molecule has 1 unspecified atom stereocenters. The maximum Gasteiger partial charge on any atom is 0.276 e. The Morgan fingerprint density at radius 1 is 1.05 bits per heavy atom. The number of aromatic nitrogens is 2. The molecule has 0 bridgehead atoms. The van der Waals surface area contributed by atoms with Crippen molar-refractivity contribution >= 4 is 15.9 Å². The van der Waals surface area contributed by atoms with Gasteiger partial charge in [0, 0.05) is 24.2 Å². The van der Waals surface area contributed by atoms with Gasteiger partial charge >= 0.3 is 0 Å². The highest BCUT2D eigenvalue weighted by atomic mass is 32.2. The third-order valence-corrected chi connectivity index (χ3v) is 8.18. The van der Waals surface area contributed by atoms with Crippen LogP contribution in [-0.4, -0.2) is 40.2 Å². The van der Waals surface area contributed by atoms with E-state index in [-0.39, 0.29) is 30.0 Å². The van der Waals surface area contributed by atoms with Crippen molar-refractivity contribution in [1.29, 1.82) is 0 Å². The van der Waals surface area contributed by atoms with Gasteiger partial charge in [-0.2, -0.15) is 4.31 Å². The fraction of sp³-hybridized carbons (Fsp3) is 0.154. The number of H-pyrrole nitrogens is 1. The Balaban J connectivity index is 1.44. The van der Waals surface area contributed by atoms with E-state index in [9.17, 15) is 27.6 Å². The number of amides is 1. The van der Waals surface area contributed by atoms with Crippen molar-refractivity contribution in [2.75, 3.05) is 6.54 Å². The molecule has 38 heavy (non-hydrogen) atoms. The summed E-state index contributed by atoms with van der Waals surface area (Å²) in [5, 5.41) is 12.4. The summed E-state index contributed by atoms with van der Waals surface area (Å²) in [6, 6.07) is 18.6. The van der Waals surface area contributed by atoms with Crippen LogP contribution in [-0.2, 0) is 27.8 Å². The van der Waals surface area contributed by atoms with E-state index in [0.29, 0.717) is 22.7 Å². The van der Waals surface area contributed by atoms with E-state index >= 15 is 0 Å². The van der Waals surface area contributed by atoms with Crippen LogP contribution in [0.3, 0.4) is 0 Å². The van der Waals surface area contributed by atoms with Crippen LogP contribution in [0.4, 0.5) is 4.39 Å². The van der Waals surface area contributed by atoms with Gasteiger partial charge in [0.2, 0.25) is 10.0 Å². The topological polar surface area (TPSA) is 134 Å². The lowest BCUT2D eigenvalue weighted by Gasteiger charge is -2.32. The number of carbonyl (C=O) groups is 1. The predicted molar refractivity (Wildman–Crippen MR) is 134 cm³/mol. The number of hydroxylamine groups is 1. The van der Waals surface area contributed by atoms with Gasteiger partial charge in [-0.15, -0.1) is 0 Å². The van der Waals surface area contributed by atoms with Gasteiger partial charge in [-0.05, 0) is 42.5 Å². The largest absolute Gasteiger partial charge is 0.489 e. The molecular formula is C26H23FN4O6S. The summed E-state index contributed by atoms with van der Waals surface area (Å²) in [6.07, 6.45) is 0.142. The molecule has 0 fully saturated rings. The quantitative estimate of drug-likeness (QED) is 0.245. The van der Waals surface area contributed by atoms with Crippen molar-refractivity contribution in [2.45, 2.75) is 24.0 Å². The number of carbonyl (C=O) groups excluding carboxylic acids is 1. The molecule has 1 aromatic heterocycles. The zero-order valence-corrected chi connectivity index (χ0v) is 20.7. The van der Waals surface area contributed by atoms with E-state index in [1.54, 1.807) is 48.5 Å². The highest BCUT2D eigenvalue weighted by Crippen LogP contribution is 2.33. The summed E-state index contributed by atoms with van der Waals surface area (Å²) >= 11 is 0. The minimum Gasteiger partial charge on any atom is -0.489 e. The molecule has 4 aromatic rings. The second-order valence-electron chi connectivity index (χ2n) is 8.58. The third-order valence-electron chi connectivity index (χ3n) is 6.30. The van der Waals surface area contributed by atoms with Gasteiger partial charge in [-0.25, -0.2) is 23.0 Å². The predicted octanol–water partition coefficient (Wildman–Crippen LogP) is 2.68. The van der Waals surface area contributed by atoms with Gasteiger partial charge in [0.1, 0.15) is 24.2 Å². The molecule has 12 heteroatoms. The SMILES string of the molecule is O=C(NO)C1c2c([nH]n(-c3ccccc3)c2=O)CCN1S(=O)(=O)c1ccc(OCc2ccccc2F)cc1. The lowest BCUT2D eigenvalue weighted by Crippen LogP contribution is -2.48. The van der Waals surface area contributed by atoms with E-state index in [1.165, 1.54) is 40.5 Å². The minimum absolute atomic E-state index is 0.0480. The Morgan fingerprint density at radius 2 is 1.74 bits per heavy atom. The lowest BCUT2D eigenvalue weighted by molar-refractivity contribution is -0.133. The van der Waals surface area contributed by atoms with Crippen LogP contribution in [0.25, 0.3) is 5.69 Å². The molecule has 1 aliphatic heterocycles. The number of hydrogen-bond donors (Lipinski definition) is 3. The molecule has 3 aromatic carbocycles. The standard InChI is InChI=1S/C26H23FN4O6S/c27-21-9-5-4-6-17(21)16-37-19-10-12-20(13-11-19)38(35,36)30-15-14-22-23(24(30)25(32)29-34)26(33)31(28-22)18-7-2-1-3-8-18/h1-13,24,28,34H,14-16H2,(H,29,32). The van der Waals surface area contributed by atoms with Crippen LogP contribution >= 0.6 is 0 Å². The van der Waals surface area contributed by atoms with Crippen molar-refractivity contribution in [2.24, 2.45) is 0 Å². The highest BCUT2D eigenvalue weighted by Gasteiger charge is 2.43. The molecular weight excluding hydrogens is 515 g/mol. The Kier molecular flexibility index (Phi) is 6.85. The molecule has 5 rings (SSSR count). The van der Waals surface area contributed by atoms with Crippen molar-refractivity contribution in [3.63, 3.8) is 0 Å². The van der Waals surface area contributed by atoms with Gasteiger partial charge in [0.25, 0.3) is 11.5 Å². The van der Waals surface area contributed by atoms with Crippen molar-refractivity contribution < 1.29 is 27.5 Å². The number of benzene rings is 3. The minimum atomic E-state index is -4.29. The number of aromatic amines is 1. The molecule has 1 amide bonds. The van der Waals surface area contributed by atoms with Gasteiger partial charge in [-0.3, -0.25) is 19.9 Å². The van der Waals surface area contributed by atoms with Crippen LogP contribution in [0.2, 0.25) is 0 Å². The first kappa shape index (κ1) is 25.4. The molecule has 0 saturated heterocycles. The summed E-state index contributed by atoms with van der Waals surface area (Å²) in [5.74, 6) is -1.16. The monoisotopic (exact) mass is 538 g/mol. The second-order valence-corrected chi connectivity index (χ2v) is 10.5. The Hall–Kier alpha value is -4.26. The van der Waals surface area contributed by atoms with E-state index in [1.807, 2.05) is 0 Å². The Morgan fingerprint density at radius 3 is 2.42 bits per heavy atom. The number of rotatable bonds is 7. The van der Waals surface area contributed by atoms with Crippen molar-refractivity contribution in [1.82, 2.24) is 19.6 Å². The van der Waals surface area contributed by atoms with E-state index in [4.69, 9.17) is 4.74 Å². The number of hydrogen-bond acceptors (Lipinski definition) is 6. The second kappa shape index (κ2) is 10.2. The molecule has 0 spiro atoms. The molecule has 1 atom stereocenters. The Labute approximate surface area is 216 Å². The number of ether oxygens (including phenoxy) is 1. The number of fused-ring (bicyclic) bond motifs is 1. The molecule has 0 radical (unpaired) electrons. The molecule has 196 valence electrons. The zero-order chi connectivity index (χ0) is 26.9. The molecule has 3 N–H and O–H groups in total. The number of nitrogens with zero attached hydrogens (tertiary/aromatic N) is 2. The van der Waals surface area contributed by atoms with Gasteiger partial charge < -0.3 is 4.74 Å². The number of halogens is 1. The molecule has 1 aliphatic rings. The van der Waals surface area contributed by atoms with E-state index < -0.39 is 33.3 Å². The van der Waals surface area contributed by atoms with Crippen LogP contribution < -0.4 is 15.8 Å². The summed E-state index contributed by atoms with van der Waals surface area (Å²) in [7, 11) is -4.29. The first-order chi connectivity index (χ1) is 18.3. The van der Waals surface area contributed by atoms with E-state index in [2.05, 4.69) is 5.10 Å². The molecule has 0 aliphatic carbocycles. The fourth-order valence-electron chi connectivity index (χ4n) is 4.42. The summed E-state index contributed by atoms with van der Waals surface area (Å²) in [6.45, 7) is -0.165. The van der Waals surface area contributed by atoms with Crippen LogP contribution in [0.15, 0.2) is 88.6 Å². The average molecular weight is 539 g/mol. The van der Waals surface area contributed by atoms with Crippen LogP contribution in [0.1, 0.15) is 22.9 Å². The van der Waals surface area contributed by atoms with Crippen molar-refractivity contribution in [3.8, 4) is 11.4 Å². The van der Waals surface area contributed by atoms with Gasteiger partial charge in [-0.1, -0.05) is 36.4 Å². The van der Waals surface area contributed by atoms with Gasteiger partial charge in [0.05, 0.1) is 16.1 Å². The molecule has 2 heterocycles. The first-order valence-electron chi connectivity index (χ1n) is 11.6. The number of sulfonamides is 1. The summed E-state index contributed by atoms with van der Waals surface area (Å²) < 4.78 is 48.8. The molecule has 0 saturated carbocycles. The lowest BCUT2D eigenvalue weighted by atomic mass is 10.0. The average Bonchev–Trinajstić information content (AvgIpc) is 3.28. The normalized spacial score (nSPS) is 15.6. The number of nitrogens with one attached hydrogen (secondary N) is 2. The van der Waals surface area contributed by atoms with Crippen LogP contribution in [0.5, 0.6) is 5.75 Å². The maximum absolute atomic E-state index is 13.8. The highest BCUT2D eigenvalue weighted by molar-refractivity contribution is 7.89. The smallest absolute Gasteiger partial charge is 0.276 e. The zero-order valence-electron chi connectivity index (χ0n) is 19.9. The maximum atomic E-state index is 13.8. The number of para-hydroxylation sites is 1. The first-order valence-corrected chi connectivity index (χ1v) is 13.1. The Bertz CT molecular complexity index is 1630. The molecule has 10 nitrogen and oxygen atoms in total. The van der Waals surface area contributed by atoms with Crippen molar-refractivity contribution in [3.05, 3.63) is 112 Å². The third kappa shape index (κ3) is 4.60. The van der Waals surface area contributed by atoms with Crippen LogP contribution in [0, 0.1) is 5.82 Å². The summed E-state index contributed by atoms with van der Waals surface area (Å²) in [5.41, 5.74) is 2.08. The van der Waals surface area contributed by atoms with E-state index in [0.717, 1.165) is 4.31 Å².